The molecule has 0 bridgehead atoms. The third-order valence-corrected chi connectivity index (χ3v) is 17.2. The molecule has 3 rings (SSSR count). The number of carbonyl (C=O) groups excluding carboxylic acids is 6. The Labute approximate surface area is 439 Å². The lowest BCUT2D eigenvalue weighted by Crippen LogP contribution is -2.50. The first-order valence-corrected chi connectivity index (χ1v) is 29.8. The number of nitrogens with two attached hydrogens (primary N) is 1. The highest BCUT2D eigenvalue weighted by Gasteiger charge is 2.38. The number of Topliss-reactive ketones (excluding diaryl/α,β-unsaturated/α-hetero) is 4. The average molecular weight is 1060 g/mol. The van der Waals surface area contributed by atoms with Crippen molar-refractivity contribution < 1.29 is 38.6 Å². The van der Waals surface area contributed by atoms with Crippen LogP contribution >= 0.6 is 42.0 Å². The molecule has 398 valence electrons. The van der Waals surface area contributed by atoms with Crippen LogP contribution in [0.4, 0.5) is 0 Å². The van der Waals surface area contributed by atoms with Crippen LogP contribution < -0.4 is 11.1 Å². The number of ketones is 4. The zero-order valence-corrected chi connectivity index (χ0v) is 47.3. The van der Waals surface area contributed by atoms with Gasteiger partial charge in [-0.3, -0.25) is 38.4 Å². The third-order valence-electron chi connectivity index (χ3n) is 13.6. The molecule has 1 unspecified atom stereocenters. The average Bonchev–Trinajstić information content (AvgIpc) is 3.84. The molecule has 1 saturated heterocycles. The van der Waals surface area contributed by atoms with Crippen LogP contribution in [0, 0.1) is 23.7 Å². The number of aromatic nitrogens is 1. The number of piperidine rings is 1. The zero-order chi connectivity index (χ0) is 52.5. The number of aromatic hydroxyl groups is 1. The van der Waals surface area contributed by atoms with Gasteiger partial charge in [0.1, 0.15) is 40.7 Å². The lowest BCUT2D eigenvalue weighted by molar-refractivity contribution is -0.145. The number of likely N-dealkylation sites (N-methyl/N-ethyl adjacent to an activating group) is 1. The summed E-state index contributed by atoms with van der Waals surface area (Å²) in [6.07, 6.45) is 8.38. The summed E-state index contributed by atoms with van der Waals surface area (Å²) >= 11 is 1.36. The molecule has 2 aromatic rings. The van der Waals surface area contributed by atoms with E-state index in [2.05, 4.69) is 58.6 Å². The highest BCUT2D eigenvalue weighted by Crippen LogP contribution is 2.34. The molecule has 14 nitrogen and oxygen atoms in total. The van der Waals surface area contributed by atoms with E-state index < -0.39 is 24.1 Å². The molecular formula is C53H85N6O8PS3. The number of hydrogen-bond acceptors (Lipinski definition) is 15. The fourth-order valence-corrected chi connectivity index (χ4v) is 12.4. The number of ether oxygens (including phenoxy) is 1. The van der Waals surface area contributed by atoms with Gasteiger partial charge in [0, 0.05) is 86.1 Å². The quantitative estimate of drug-likeness (QED) is 0.0328. The summed E-state index contributed by atoms with van der Waals surface area (Å²) in [6.45, 7) is 16.5. The van der Waals surface area contributed by atoms with Gasteiger partial charge in [0.25, 0.3) is 5.91 Å². The molecule has 1 aromatic carbocycles. The normalized spacial score (nSPS) is 17.1. The van der Waals surface area contributed by atoms with Gasteiger partial charge in [-0.15, -0.1) is 11.3 Å². The van der Waals surface area contributed by atoms with Gasteiger partial charge in [-0.2, -0.15) is 0 Å². The van der Waals surface area contributed by atoms with Gasteiger partial charge in [0.2, 0.25) is 5.91 Å². The number of carbonyl (C=O) groups is 6. The van der Waals surface area contributed by atoms with Crippen LogP contribution in [-0.4, -0.2) is 124 Å². The lowest BCUT2D eigenvalue weighted by atomic mass is 9.82. The standard InChI is InChI=1S/C53H85N6O8PS3/c1-9-24-59(53(66)42(36(6)11-3)30-49(64)45-17-12-13-25-58(45)8)46(35(4)5)31-50(67-26-10-2)52-57-44(34-69-52)51(65)56-39(29-38-20-22-40(60)23-21-38)28-37(7)47(62)19-15-27-70-71-33-43(54)48(63)18-14-16-41(61)32-55-68/h20-23,34-37,39,42-43,45-46,50,60,68H,9-19,24-33,54H2,1-8H3,(H,56,65)/t36?,37-,39+,42-,43+,45+,46+,50+/m0/s1. The summed E-state index contributed by atoms with van der Waals surface area (Å²) in [5.74, 6) is 0.447. The summed E-state index contributed by atoms with van der Waals surface area (Å²) in [5, 5.41) is 15.5. The van der Waals surface area contributed by atoms with Crippen molar-refractivity contribution in [3.05, 3.63) is 45.9 Å². The molecule has 2 heterocycles. The summed E-state index contributed by atoms with van der Waals surface area (Å²) in [7, 11) is 8.03. The minimum Gasteiger partial charge on any atom is -0.508 e. The number of likely N-dealkylation sites (tertiary alicyclic amines) is 1. The summed E-state index contributed by atoms with van der Waals surface area (Å²) in [5.41, 5.74) is 7.24. The van der Waals surface area contributed by atoms with Crippen LogP contribution in [0.15, 0.2) is 34.4 Å². The van der Waals surface area contributed by atoms with Crippen molar-refractivity contribution in [3.63, 3.8) is 0 Å². The van der Waals surface area contributed by atoms with Gasteiger partial charge in [-0.1, -0.05) is 95.0 Å². The number of nitrogens with zero attached hydrogens (tertiary/aromatic N) is 4. The van der Waals surface area contributed by atoms with E-state index in [0.29, 0.717) is 74.6 Å². The first-order chi connectivity index (χ1) is 33.9. The number of hydrogen-bond donors (Lipinski definition) is 3. The van der Waals surface area contributed by atoms with E-state index in [4.69, 9.17) is 15.5 Å². The monoisotopic (exact) mass is 1060 g/mol. The van der Waals surface area contributed by atoms with E-state index in [1.165, 1.54) is 22.1 Å². The second kappa shape index (κ2) is 33.7. The Kier molecular flexibility index (Phi) is 29.5. The van der Waals surface area contributed by atoms with E-state index in [-0.39, 0.29) is 95.6 Å². The predicted octanol–water partition coefficient (Wildman–Crippen LogP) is 10.1. The Morgan fingerprint density at radius 2 is 1.70 bits per heavy atom. The molecular weight excluding hydrogens is 976 g/mol. The molecule has 1 fully saturated rings. The van der Waals surface area contributed by atoms with Crippen molar-refractivity contribution in [2.45, 2.75) is 175 Å². The molecule has 8 atom stereocenters. The molecule has 0 spiro atoms. The summed E-state index contributed by atoms with van der Waals surface area (Å²) < 4.78 is 10.2. The van der Waals surface area contributed by atoms with Crippen LogP contribution in [0.2, 0.25) is 0 Å². The molecule has 0 radical (unpaired) electrons. The smallest absolute Gasteiger partial charge is 0.270 e. The number of rotatable bonds is 37. The van der Waals surface area contributed by atoms with Gasteiger partial charge >= 0.3 is 0 Å². The first kappa shape index (κ1) is 62.2. The highest BCUT2D eigenvalue weighted by molar-refractivity contribution is 8.76. The molecule has 71 heavy (non-hydrogen) atoms. The van der Waals surface area contributed by atoms with E-state index in [0.717, 1.165) is 50.6 Å². The molecule has 18 heteroatoms. The van der Waals surface area contributed by atoms with Crippen molar-refractivity contribution in [2.24, 2.45) is 34.2 Å². The molecule has 1 aromatic heterocycles. The number of phenolic OH excluding ortho intramolecular Hbond substituents is 1. The molecule has 2 amide bonds. The van der Waals surface area contributed by atoms with E-state index >= 15 is 0 Å². The Morgan fingerprint density at radius 3 is 2.35 bits per heavy atom. The number of benzene rings is 1. The molecule has 1 aliphatic heterocycles. The molecule has 0 saturated carbocycles. The first-order valence-electron chi connectivity index (χ1n) is 26.0. The molecule has 4 N–H and O–H groups in total. The summed E-state index contributed by atoms with van der Waals surface area (Å²) in [6, 6.07) is 5.47. The van der Waals surface area contributed by atoms with Crippen LogP contribution in [-0.2, 0) is 35.1 Å². The molecule has 0 aliphatic carbocycles. The SMILES string of the molecule is CCCO[C@H](C[C@H](C(C)C)N(CCC)C(=O)[C@@H](CC(=O)[C@H]1CCCCN1C)C(C)CC)c1nc(C(=O)N[C@@H](Cc2ccc(O)cc2)C[C@H](C)C(=O)CCCSSC[C@@H](N)C(=O)CCCC(=O)CN=P)cs1. The van der Waals surface area contributed by atoms with Gasteiger partial charge in [-0.05, 0) is 104 Å². The van der Waals surface area contributed by atoms with Crippen LogP contribution in [0.25, 0.3) is 0 Å². The largest absolute Gasteiger partial charge is 0.508 e. The van der Waals surface area contributed by atoms with Crippen molar-refractivity contribution >= 4 is 76.9 Å². The Hall–Kier alpha value is -3.05. The van der Waals surface area contributed by atoms with Gasteiger partial charge in [-0.25, -0.2) is 4.98 Å². The van der Waals surface area contributed by atoms with Crippen molar-refractivity contribution in [2.75, 3.05) is 44.8 Å². The maximum Gasteiger partial charge on any atom is 0.270 e. The number of nitrogens with one attached hydrogen (secondary N) is 1. The lowest BCUT2D eigenvalue weighted by Gasteiger charge is -2.40. The van der Waals surface area contributed by atoms with Gasteiger partial charge < -0.3 is 25.8 Å². The Morgan fingerprint density at radius 1 is 0.986 bits per heavy atom. The Bertz CT molecular complexity index is 1970. The maximum atomic E-state index is 14.8. The number of amides is 2. The van der Waals surface area contributed by atoms with Gasteiger partial charge in [0.05, 0.1) is 12.1 Å². The maximum absolute atomic E-state index is 14.8. The minimum absolute atomic E-state index is 0.0254. The molecule has 1 aliphatic rings. The van der Waals surface area contributed by atoms with Crippen LogP contribution in [0.5, 0.6) is 5.75 Å². The Balaban J connectivity index is 1.71. The van der Waals surface area contributed by atoms with E-state index in [1.54, 1.807) is 28.3 Å². The fourth-order valence-electron chi connectivity index (χ4n) is 9.13. The fraction of sp³-hybridized carbons (Fsp3) is 0.717. The zero-order valence-electron chi connectivity index (χ0n) is 43.8. The highest BCUT2D eigenvalue weighted by atomic mass is 33.1. The second-order valence-corrected chi connectivity index (χ2v) is 23.6. The number of thiazole rings is 1. The van der Waals surface area contributed by atoms with E-state index in [9.17, 15) is 33.9 Å². The number of phenols is 1. The topological polar surface area (TPSA) is 202 Å². The van der Waals surface area contributed by atoms with Crippen molar-refractivity contribution in [3.8, 4) is 5.75 Å². The van der Waals surface area contributed by atoms with E-state index in [1.807, 2.05) is 37.9 Å². The predicted molar refractivity (Wildman–Crippen MR) is 293 cm³/mol. The van der Waals surface area contributed by atoms with Crippen molar-refractivity contribution in [1.82, 2.24) is 20.1 Å². The second-order valence-electron chi connectivity index (χ2n) is 19.8. The third kappa shape index (κ3) is 21.8. The summed E-state index contributed by atoms with van der Waals surface area (Å²) in [4.78, 5) is 89.4. The van der Waals surface area contributed by atoms with Gasteiger partial charge in [0.15, 0.2) is 11.6 Å². The van der Waals surface area contributed by atoms with Crippen LogP contribution in [0.3, 0.4) is 0 Å². The van der Waals surface area contributed by atoms with Crippen molar-refractivity contribution in [1.29, 1.82) is 0 Å². The minimum atomic E-state index is -0.612. The van der Waals surface area contributed by atoms with Crippen LogP contribution in [0.1, 0.15) is 166 Å².